The molecule has 8 heteroatoms. The van der Waals surface area contributed by atoms with Gasteiger partial charge in [0.05, 0.1) is 28.4 Å². The SMILES string of the molecule is COc1cc(O)c(OC)c(CCCCCCCCCC#CCCCCCCCCCc2c(O)c(OC)cc(O)c2OC)c1O. The van der Waals surface area contributed by atoms with Crippen molar-refractivity contribution >= 4 is 0 Å². The largest absolute Gasteiger partial charge is 0.504 e. The Morgan fingerprint density at radius 1 is 0.455 bits per heavy atom. The van der Waals surface area contributed by atoms with Gasteiger partial charge in [-0.15, -0.1) is 11.8 Å². The number of unbranched alkanes of at least 4 members (excludes halogenated alkanes) is 14. The number of phenolic OH excluding ortho intramolecular Hbond substituents is 4. The molecule has 2 aromatic rings. The maximum atomic E-state index is 10.4. The fraction of sp³-hybridized carbons (Fsp3) is 0.611. The number of ether oxygens (including phenoxy) is 4. The van der Waals surface area contributed by atoms with Gasteiger partial charge in [0.1, 0.15) is 0 Å². The first-order valence-corrected chi connectivity index (χ1v) is 16.2. The molecule has 0 saturated carbocycles. The lowest BCUT2D eigenvalue weighted by atomic mass is 10.0. The lowest BCUT2D eigenvalue weighted by Crippen LogP contribution is -1.97. The molecule has 8 nitrogen and oxygen atoms in total. The van der Waals surface area contributed by atoms with Gasteiger partial charge in [-0.25, -0.2) is 0 Å². The van der Waals surface area contributed by atoms with E-state index in [1.807, 2.05) is 0 Å². The highest BCUT2D eigenvalue weighted by atomic mass is 16.5. The van der Waals surface area contributed by atoms with E-state index < -0.39 is 0 Å². The van der Waals surface area contributed by atoms with Crippen molar-refractivity contribution < 1.29 is 39.4 Å². The van der Waals surface area contributed by atoms with Crippen molar-refractivity contribution in [1.29, 1.82) is 0 Å². The molecule has 0 aliphatic heterocycles. The second kappa shape index (κ2) is 21.2. The molecule has 2 rings (SSSR count). The number of benzene rings is 2. The average molecular weight is 615 g/mol. The van der Waals surface area contributed by atoms with Crippen LogP contribution in [-0.2, 0) is 12.8 Å². The summed E-state index contributed by atoms with van der Waals surface area (Å²) in [5.74, 6) is 7.90. The zero-order chi connectivity index (χ0) is 32.2. The molecule has 0 aliphatic rings. The fourth-order valence-corrected chi connectivity index (χ4v) is 5.54. The monoisotopic (exact) mass is 614 g/mol. The molecule has 0 atom stereocenters. The zero-order valence-corrected chi connectivity index (χ0v) is 27.3. The highest BCUT2D eigenvalue weighted by molar-refractivity contribution is 5.60. The molecule has 0 bridgehead atoms. The number of aromatic hydroxyl groups is 4. The van der Waals surface area contributed by atoms with Gasteiger partial charge in [0, 0.05) is 36.1 Å². The molecular weight excluding hydrogens is 560 g/mol. The van der Waals surface area contributed by atoms with Crippen LogP contribution >= 0.6 is 0 Å². The van der Waals surface area contributed by atoms with Gasteiger partial charge in [-0.3, -0.25) is 0 Å². The molecule has 0 spiro atoms. The minimum absolute atomic E-state index is 0.0155. The zero-order valence-electron chi connectivity index (χ0n) is 27.3. The molecule has 4 N–H and O–H groups in total. The molecule has 0 radical (unpaired) electrons. The molecule has 44 heavy (non-hydrogen) atoms. The Bertz CT molecular complexity index is 1090. The Labute approximate surface area is 264 Å². The van der Waals surface area contributed by atoms with Crippen LogP contribution in [-0.4, -0.2) is 48.9 Å². The fourth-order valence-electron chi connectivity index (χ4n) is 5.54. The van der Waals surface area contributed by atoms with Gasteiger partial charge < -0.3 is 39.4 Å². The minimum Gasteiger partial charge on any atom is -0.504 e. The number of hydrogen-bond donors (Lipinski definition) is 4. The third kappa shape index (κ3) is 11.8. The van der Waals surface area contributed by atoms with E-state index >= 15 is 0 Å². The molecule has 2 aromatic carbocycles. The second-order valence-electron chi connectivity index (χ2n) is 11.2. The van der Waals surface area contributed by atoms with Gasteiger partial charge in [-0.1, -0.05) is 64.2 Å². The third-order valence-corrected chi connectivity index (χ3v) is 8.02. The lowest BCUT2D eigenvalue weighted by molar-refractivity contribution is 0.340. The smallest absolute Gasteiger partial charge is 0.167 e. The molecule has 0 heterocycles. The Balaban J connectivity index is 1.44. The van der Waals surface area contributed by atoms with Crippen LogP contribution in [0.1, 0.15) is 114 Å². The second-order valence-corrected chi connectivity index (χ2v) is 11.2. The van der Waals surface area contributed by atoms with Gasteiger partial charge in [0.25, 0.3) is 0 Å². The van der Waals surface area contributed by atoms with Gasteiger partial charge in [0.2, 0.25) is 0 Å². The molecule has 0 aliphatic carbocycles. The van der Waals surface area contributed by atoms with E-state index in [-0.39, 0.29) is 34.5 Å². The van der Waals surface area contributed by atoms with Crippen LogP contribution in [0.15, 0.2) is 12.1 Å². The Kier molecular flexibility index (Phi) is 17.6. The van der Waals surface area contributed by atoms with Gasteiger partial charge in [0.15, 0.2) is 46.0 Å². The number of rotatable bonds is 22. The summed E-state index contributed by atoms with van der Waals surface area (Å²) in [5.41, 5.74) is 1.21. The molecule has 0 aromatic heterocycles. The standard InChI is InChI=1S/C36H54O8/c1-41-31-25-29(37)35(43-3)27(33(31)39)23-21-19-17-15-13-11-9-7-5-6-8-10-12-14-16-18-20-22-24-28-34(40)32(42-2)26-30(38)36(28)44-4/h25-26,37-40H,7-24H2,1-4H3. The van der Waals surface area contributed by atoms with E-state index in [0.717, 1.165) is 64.2 Å². The molecule has 0 saturated heterocycles. The van der Waals surface area contributed by atoms with Crippen molar-refractivity contribution in [2.75, 3.05) is 28.4 Å². The van der Waals surface area contributed by atoms with Crippen LogP contribution in [0, 0.1) is 11.8 Å². The minimum atomic E-state index is -0.0155. The van der Waals surface area contributed by atoms with Crippen molar-refractivity contribution in [2.24, 2.45) is 0 Å². The predicted octanol–water partition coefficient (Wildman–Crippen LogP) is 8.57. The number of methoxy groups -OCH3 is 4. The first-order chi connectivity index (χ1) is 21.4. The van der Waals surface area contributed by atoms with Crippen molar-refractivity contribution in [3.63, 3.8) is 0 Å². The lowest BCUT2D eigenvalue weighted by Gasteiger charge is -2.15. The van der Waals surface area contributed by atoms with Crippen LogP contribution in [0.2, 0.25) is 0 Å². The first-order valence-electron chi connectivity index (χ1n) is 16.2. The van der Waals surface area contributed by atoms with Crippen molar-refractivity contribution in [3.05, 3.63) is 23.3 Å². The molecular formula is C36H54O8. The molecule has 0 fully saturated rings. The quantitative estimate of drug-likeness (QED) is 0.0592. The first kappa shape index (κ1) is 36.6. The number of phenols is 4. The van der Waals surface area contributed by atoms with Crippen molar-refractivity contribution in [3.8, 4) is 57.8 Å². The average Bonchev–Trinajstić information content (AvgIpc) is 3.02. The van der Waals surface area contributed by atoms with Crippen molar-refractivity contribution in [1.82, 2.24) is 0 Å². The third-order valence-electron chi connectivity index (χ3n) is 8.02. The summed E-state index contributed by atoms with van der Waals surface area (Å²) in [5, 5.41) is 41.0. The summed E-state index contributed by atoms with van der Waals surface area (Å²) in [7, 11) is 5.92. The summed E-state index contributed by atoms with van der Waals surface area (Å²) >= 11 is 0. The summed E-state index contributed by atoms with van der Waals surface area (Å²) in [6.45, 7) is 0. The van der Waals surface area contributed by atoms with Crippen molar-refractivity contribution in [2.45, 2.75) is 116 Å². The predicted molar refractivity (Wildman–Crippen MR) is 175 cm³/mol. The van der Waals surface area contributed by atoms with E-state index in [0.29, 0.717) is 35.5 Å². The summed E-state index contributed by atoms with van der Waals surface area (Å²) in [4.78, 5) is 0. The normalized spacial score (nSPS) is 10.7. The molecule has 246 valence electrons. The Hall–Kier alpha value is -3.60. The molecule has 0 amide bonds. The Morgan fingerprint density at radius 3 is 1.09 bits per heavy atom. The van der Waals surface area contributed by atoms with E-state index in [4.69, 9.17) is 18.9 Å². The number of hydrogen-bond acceptors (Lipinski definition) is 8. The van der Waals surface area contributed by atoms with E-state index in [1.165, 1.54) is 79.1 Å². The topological polar surface area (TPSA) is 118 Å². The van der Waals surface area contributed by atoms with E-state index in [2.05, 4.69) is 11.8 Å². The maximum Gasteiger partial charge on any atom is 0.167 e. The summed E-state index contributed by atoms with van der Waals surface area (Å²) < 4.78 is 20.9. The van der Waals surface area contributed by atoms with Gasteiger partial charge >= 0.3 is 0 Å². The highest BCUT2D eigenvalue weighted by Crippen LogP contribution is 2.45. The van der Waals surface area contributed by atoms with Crippen LogP contribution < -0.4 is 18.9 Å². The van der Waals surface area contributed by atoms with Crippen LogP contribution in [0.3, 0.4) is 0 Å². The van der Waals surface area contributed by atoms with E-state index in [1.54, 1.807) is 0 Å². The summed E-state index contributed by atoms with van der Waals surface area (Å²) in [6, 6.07) is 2.75. The van der Waals surface area contributed by atoms with Crippen LogP contribution in [0.25, 0.3) is 0 Å². The molecule has 0 unspecified atom stereocenters. The van der Waals surface area contributed by atoms with Crippen LogP contribution in [0.4, 0.5) is 0 Å². The summed E-state index contributed by atoms with van der Waals surface area (Å²) in [6.07, 6.45) is 19.0. The van der Waals surface area contributed by atoms with Crippen LogP contribution in [0.5, 0.6) is 46.0 Å². The van der Waals surface area contributed by atoms with Gasteiger partial charge in [-0.05, 0) is 38.5 Å². The maximum absolute atomic E-state index is 10.4. The Morgan fingerprint density at radius 2 is 0.773 bits per heavy atom. The van der Waals surface area contributed by atoms with Gasteiger partial charge in [-0.2, -0.15) is 0 Å². The van der Waals surface area contributed by atoms with E-state index in [9.17, 15) is 20.4 Å². The highest BCUT2D eigenvalue weighted by Gasteiger charge is 2.19.